The molecule has 0 radical (unpaired) electrons. The zero-order chi connectivity index (χ0) is 18.6. The molecule has 2 aromatic carbocycles. The Balaban J connectivity index is 1.85. The van der Waals surface area contributed by atoms with Gasteiger partial charge < -0.3 is 4.74 Å². The maximum Gasteiger partial charge on any atom is 0.433 e. The maximum absolute atomic E-state index is 13.1. The molecule has 0 aliphatic heterocycles. The number of rotatable bonds is 5. The largest absolute Gasteiger partial charge is 0.439 e. The number of benzene rings is 2. The van der Waals surface area contributed by atoms with Crippen LogP contribution in [0.25, 0.3) is 0 Å². The minimum atomic E-state index is -4.59. The normalized spacial score (nSPS) is 11.4. The van der Waals surface area contributed by atoms with Crippen LogP contribution in [0.5, 0.6) is 11.6 Å². The third kappa shape index (κ3) is 5.12. The van der Waals surface area contributed by atoms with Crippen molar-refractivity contribution in [1.82, 2.24) is 9.97 Å². The second-order valence-corrected chi connectivity index (χ2v) is 6.58. The summed E-state index contributed by atoms with van der Waals surface area (Å²) in [7, 11) is 0. The van der Waals surface area contributed by atoms with E-state index < -0.39 is 11.9 Å². The first-order valence-electron chi connectivity index (χ1n) is 7.46. The van der Waals surface area contributed by atoms with Gasteiger partial charge in [0.2, 0.25) is 5.88 Å². The van der Waals surface area contributed by atoms with Crippen LogP contribution in [0.4, 0.5) is 13.2 Å². The zero-order valence-electron chi connectivity index (χ0n) is 13.2. The van der Waals surface area contributed by atoms with Crippen molar-refractivity contribution in [3.8, 4) is 11.6 Å². The van der Waals surface area contributed by atoms with Gasteiger partial charge in [-0.2, -0.15) is 18.2 Å². The van der Waals surface area contributed by atoms with E-state index in [9.17, 15) is 13.2 Å². The van der Waals surface area contributed by atoms with Gasteiger partial charge in [-0.15, -0.1) is 0 Å². The van der Waals surface area contributed by atoms with Crippen LogP contribution in [0.3, 0.4) is 0 Å². The van der Waals surface area contributed by atoms with E-state index in [-0.39, 0.29) is 11.0 Å². The Morgan fingerprint density at radius 1 is 0.962 bits per heavy atom. The quantitative estimate of drug-likeness (QED) is 0.378. The number of para-hydroxylation sites is 1. The molecule has 134 valence electrons. The fourth-order valence-corrected chi connectivity index (χ4v) is 3.06. The van der Waals surface area contributed by atoms with E-state index in [1.165, 1.54) is 0 Å². The molecule has 0 saturated heterocycles. The molecule has 0 bridgehead atoms. The summed E-state index contributed by atoms with van der Waals surface area (Å²) in [5.74, 6) is 0.615. The number of thioether (sulfide) groups is 1. The van der Waals surface area contributed by atoms with Crippen LogP contribution in [0.1, 0.15) is 11.3 Å². The first kappa shape index (κ1) is 18.5. The van der Waals surface area contributed by atoms with E-state index in [1.54, 1.807) is 48.5 Å². The number of halogens is 4. The molecule has 8 heteroatoms. The lowest BCUT2D eigenvalue weighted by Crippen LogP contribution is -2.10. The summed E-state index contributed by atoms with van der Waals surface area (Å²) in [5.41, 5.74) is -0.193. The Labute approximate surface area is 157 Å². The average Bonchev–Trinajstić information content (AvgIpc) is 2.60. The van der Waals surface area contributed by atoms with Crippen molar-refractivity contribution in [1.29, 1.82) is 0 Å². The second kappa shape index (κ2) is 7.97. The lowest BCUT2D eigenvalue weighted by Gasteiger charge is -2.11. The van der Waals surface area contributed by atoms with Gasteiger partial charge in [-0.05, 0) is 29.8 Å². The smallest absolute Gasteiger partial charge is 0.433 e. The first-order valence-corrected chi connectivity index (χ1v) is 8.83. The predicted octanol–water partition coefficient (Wildman–Crippen LogP) is 6.23. The third-order valence-electron chi connectivity index (χ3n) is 3.20. The molecule has 1 heterocycles. The Bertz CT molecular complexity index is 891. The summed E-state index contributed by atoms with van der Waals surface area (Å²) in [5, 5.41) is 0.534. The fraction of sp³-hybridized carbons (Fsp3) is 0.111. The lowest BCUT2D eigenvalue weighted by molar-refractivity contribution is -0.141. The van der Waals surface area contributed by atoms with Crippen LogP contribution in [-0.4, -0.2) is 9.97 Å². The molecule has 0 atom stereocenters. The molecular formula is C18H12ClF3N2OS. The fourth-order valence-electron chi connectivity index (χ4n) is 2.05. The van der Waals surface area contributed by atoms with Crippen LogP contribution in [0, 0.1) is 0 Å². The summed E-state index contributed by atoms with van der Waals surface area (Å²) < 4.78 is 44.8. The first-order chi connectivity index (χ1) is 12.4. The molecule has 3 rings (SSSR count). The van der Waals surface area contributed by atoms with Crippen LogP contribution in [0.2, 0.25) is 5.02 Å². The molecular weight excluding hydrogens is 385 g/mol. The number of alkyl halides is 3. The predicted molar refractivity (Wildman–Crippen MR) is 94.6 cm³/mol. The van der Waals surface area contributed by atoms with Crippen molar-refractivity contribution in [3.05, 3.63) is 76.9 Å². The lowest BCUT2D eigenvalue weighted by atomic mass is 10.2. The Hall–Kier alpha value is -2.25. The zero-order valence-corrected chi connectivity index (χ0v) is 14.8. The SMILES string of the molecule is FC(F)(F)c1cc(Oc2ccccc2)nc(SCc2cccc(Cl)c2)n1. The molecule has 26 heavy (non-hydrogen) atoms. The Morgan fingerprint density at radius 3 is 2.42 bits per heavy atom. The third-order valence-corrected chi connectivity index (χ3v) is 4.35. The minimum absolute atomic E-state index is 0.0225. The molecule has 0 amide bonds. The highest BCUT2D eigenvalue weighted by Gasteiger charge is 2.34. The molecule has 0 aliphatic rings. The van der Waals surface area contributed by atoms with Crippen molar-refractivity contribution in [2.75, 3.05) is 0 Å². The van der Waals surface area contributed by atoms with E-state index in [1.807, 2.05) is 6.07 Å². The average molecular weight is 397 g/mol. The van der Waals surface area contributed by atoms with E-state index in [4.69, 9.17) is 16.3 Å². The van der Waals surface area contributed by atoms with Gasteiger partial charge in [0.25, 0.3) is 0 Å². The highest BCUT2D eigenvalue weighted by atomic mass is 35.5. The van der Waals surface area contributed by atoms with Gasteiger partial charge in [0.15, 0.2) is 10.9 Å². The molecule has 0 spiro atoms. The summed E-state index contributed by atoms with van der Waals surface area (Å²) in [4.78, 5) is 7.67. The number of hydrogen-bond donors (Lipinski definition) is 0. The van der Waals surface area contributed by atoms with E-state index in [0.717, 1.165) is 23.4 Å². The Morgan fingerprint density at radius 2 is 1.73 bits per heavy atom. The molecule has 0 unspecified atom stereocenters. The van der Waals surface area contributed by atoms with E-state index in [0.29, 0.717) is 16.5 Å². The van der Waals surface area contributed by atoms with Crippen LogP contribution in [-0.2, 0) is 11.9 Å². The number of ether oxygens (including phenoxy) is 1. The van der Waals surface area contributed by atoms with E-state index in [2.05, 4.69) is 9.97 Å². The molecule has 3 nitrogen and oxygen atoms in total. The number of nitrogens with zero attached hydrogens (tertiary/aromatic N) is 2. The van der Waals surface area contributed by atoms with Crippen molar-refractivity contribution >= 4 is 23.4 Å². The Kier molecular flexibility index (Phi) is 5.68. The standard InChI is InChI=1S/C18H12ClF3N2OS/c19-13-6-4-5-12(9-13)11-26-17-23-15(18(20,21)22)10-16(24-17)25-14-7-2-1-3-8-14/h1-10H,11H2. The van der Waals surface area contributed by atoms with E-state index >= 15 is 0 Å². The van der Waals surface area contributed by atoms with Crippen molar-refractivity contribution in [2.45, 2.75) is 17.1 Å². The molecule has 1 aromatic heterocycles. The molecule has 0 aliphatic carbocycles. The van der Waals surface area contributed by atoms with Crippen molar-refractivity contribution in [2.24, 2.45) is 0 Å². The summed E-state index contributed by atoms with van der Waals surface area (Å²) >= 11 is 6.99. The molecule has 0 saturated carbocycles. The monoisotopic (exact) mass is 396 g/mol. The topological polar surface area (TPSA) is 35.0 Å². The van der Waals surface area contributed by atoms with Gasteiger partial charge >= 0.3 is 6.18 Å². The van der Waals surface area contributed by atoms with Gasteiger partial charge in [-0.1, -0.05) is 53.7 Å². The second-order valence-electron chi connectivity index (χ2n) is 5.21. The maximum atomic E-state index is 13.1. The van der Waals surface area contributed by atoms with Crippen LogP contribution >= 0.6 is 23.4 Å². The molecule has 0 N–H and O–H groups in total. The van der Waals surface area contributed by atoms with Gasteiger partial charge in [-0.25, -0.2) is 4.98 Å². The van der Waals surface area contributed by atoms with Crippen molar-refractivity contribution in [3.63, 3.8) is 0 Å². The van der Waals surface area contributed by atoms with Crippen LogP contribution in [0.15, 0.2) is 65.8 Å². The van der Waals surface area contributed by atoms with Gasteiger partial charge in [0.1, 0.15) is 5.75 Å². The number of aromatic nitrogens is 2. The minimum Gasteiger partial charge on any atom is -0.439 e. The van der Waals surface area contributed by atoms with Gasteiger partial charge in [0.05, 0.1) is 0 Å². The highest BCUT2D eigenvalue weighted by molar-refractivity contribution is 7.98. The van der Waals surface area contributed by atoms with Crippen LogP contribution < -0.4 is 4.74 Å². The number of hydrogen-bond acceptors (Lipinski definition) is 4. The summed E-state index contributed by atoms with van der Waals surface area (Å²) in [6.45, 7) is 0. The molecule has 0 fully saturated rings. The summed E-state index contributed by atoms with van der Waals surface area (Å²) in [6.07, 6.45) is -4.59. The molecule has 3 aromatic rings. The van der Waals surface area contributed by atoms with Gasteiger partial charge in [-0.3, -0.25) is 0 Å². The highest BCUT2D eigenvalue weighted by Crippen LogP contribution is 2.33. The van der Waals surface area contributed by atoms with Crippen molar-refractivity contribution < 1.29 is 17.9 Å². The summed E-state index contributed by atoms with van der Waals surface area (Å²) in [6, 6.07) is 16.3. The van der Waals surface area contributed by atoms with Gasteiger partial charge in [0, 0.05) is 16.8 Å².